The number of aliphatic hydroxyl groups is 1. The summed E-state index contributed by atoms with van der Waals surface area (Å²) in [6.45, 7) is 8.86. The Morgan fingerprint density at radius 2 is 1.96 bits per heavy atom. The average molecular weight is 332 g/mol. The number of nitrogens with zero attached hydrogens (tertiary/aromatic N) is 2. The SMILES string of the molecule is CN(CC1(CO)CCOCC1)c1nc2cc(C(C)(C)C)ccc2o1. The third-order valence-corrected chi connectivity index (χ3v) is 5.03. The van der Waals surface area contributed by atoms with Crippen molar-refractivity contribution < 1.29 is 14.3 Å². The summed E-state index contributed by atoms with van der Waals surface area (Å²) in [6, 6.07) is 6.81. The van der Waals surface area contributed by atoms with Gasteiger partial charge in [-0.3, -0.25) is 0 Å². The van der Waals surface area contributed by atoms with Crippen LogP contribution in [0.2, 0.25) is 0 Å². The Kier molecular flexibility index (Phi) is 4.58. The van der Waals surface area contributed by atoms with Crippen molar-refractivity contribution >= 4 is 17.1 Å². The number of rotatable bonds is 4. The maximum absolute atomic E-state index is 9.87. The topological polar surface area (TPSA) is 58.7 Å². The van der Waals surface area contributed by atoms with Crippen molar-refractivity contribution in [1.82, 2.24) is 4.98 Å². The number of benzene rings is 1. The zero-order valence-corrected chi connectivity index (χ0v) is 15.1. The van der Waals surface area contributed by atoms with Crippen LogP contribution in [0, 0.1) is 5.41 Å². The number of hydrogen-bond donors (Lipinski definition) is 1. The largest absolute Gasteiger partial charge is 0.423 e. The summed E-state index contributed by atoms with van der Waals surface area (Å²) in [5.41, 5.74) is 2.88. The van der Waals surface area contributed by atoms with Gasteiger partial charge < -0.3 is 19.2 Å². The Morgan fingerprint density at radius 3 is 2.58 bits per heavy atom. The van der Waals surface area contributed by atoms with Crippen molar-refractivity contribution in [1.29, 1.82) is 0 Å². The molecule has 0 amide bonds. The molecule has 1 fully saturated rings. The highest BCUT2D eigenvalue weighted by Gasteiger charge is 2.34. The molecule has 3 rings (SSSR count). The summed E-state index contributed by atoms with van der Waals surface area (Å²) in [7, 11) is 1.97. The zero-order chi connectivity index (χ0) is 17.4. The average Bonchev–Trinajstić information content (AvgIpc) is 2.98. The van der Waals surface area contributed by atoms with E-state index in [0.29, 0.717) is 25.8 Å². The predicted octanol–water partition coefficient (Wildman–Crippen LogP) is 3.35. The van der Waals surface area contributed by atoms with Crippen LogP contribution in [0.5, 0.6) is 0 Å². The molecule has 24 heavy (non-hydrogen) atoms. The summed E-state index contributed by atoms with van der Waals surface area (Å²) >= 11 is 0. The molecule has 132 valence electrons. The van der Waals surface area contributed by atoms with E-state index in [4.69, 9.17) is 9.15 Å². The Morgan fingerprint density at radius 1 is 1.25 bits per heavy atom. The third-order valence-electron chi connectivity index (χ3n) is 5.03. The molecule has 0 saturated carbocycles. The molecular formula is C19H28N2O3. The van der Waals surface area contributed by atoms with Crippen molar-refractivity contribution in [3.63, 3.8) is 0 Å². The lowest BCUT2D eigenvalue weighted by Crippen LogP contribution is -2.42. The van der Waals surface area contributed by atoms with Gasteiger partial charge in [0.1, 0.15) is 5.52 Å². The van der Waals surface area contributed by atoms with Crippen LogP contribution in [0.25, 0.3) is 11.1 Å². The van der Waals surface area contributed by atoms with E-state index in [1.165, 1.54) is 5.56 Å². The first-order valence-corrected chi connectivity index (χ1v) is 8.64. The fourth-order valence-corrected chi connectivity index (χ4v) is 3.29. The van der Waals surface area contributed by atoms with Crippen molar-refractivity contribution in [3.8, 4) is 0 Å². The lowest BCUT2D eigenvalue weighted by Gasteiger charge is -2.38. The highest BCUT2D eigenvalue weighted by atomic mass is 16.5. The lowest BCUT2D eigenvalue weighted by molar-refractivity contribution is -0.0116. The molecule has 1 aliphatic heterocycles. The van der Waals surface area contributed by atoms with E-state index < -0.39 is 0 Å². The molecule has 2 aromatic rings. The van der Waals surface area contributed by atoms with Crippen molar-refractivity contribution in [2.45, 2.75) is 39.0 Å². The van der Waals surface area contributed by atoms with Crippen LogP contribution in [0.3, 0.4) is 0 Å². The van der Waals surface area contributed by atoms with Gasteiger partial charge in [-0.05, 0) is 36.0 Å². The Balaban J connectivity index is 1.83. The van der Waals surface area contributed by atoms with Crippen molar-refractivity contribution in [2.75, 3.05) is 38.3 Å². The second-order valence-corrected chi connectivity index (χ2v) is 8.06. The predicted molar refractivity (Wildman–Crippen MR) is 95.6 cm³/mol. The first-order chi connectivity index (χ1) is 11.3. The highest BCUT2D eigenvalue weighted by Crippen LogP contribution is 2.33. The van der Waals surface area contributed by atoms with E-state index in [9.17, 15) is 5.11 Å². The van der Waals surface area contributed by atoms with Crippen LogP contribution < -0.4 is 4.90 Å². The van der Waals surface area contributed by atoms with Crippen LogP contribution in [0.4, 0.5) is 6.01 Å². The van der Waals surface area contributed by atoms with Gasteiger partial charge in [0, 0.05) is 32.2 Å². The van der Waals surface area contributed by atoms with Crippen LogP contribution in [0.1, 0.15) is 39.2 Å². The fraction of sp³-hybridized carbons (Fsp3) is 0.632. The van der Waals surface area contributed by atoms with Crippen LogP contribution in [0.15, 0.2) is 22.6 Å². The van der Waals surface area contributed by atoms with Gasteiger partial charge in [0.15, 0.2) is 5.58 Å². The molecule has 0 aliphatic carbocycles. The number of oxazole rings is 1. The standard InChI is InChI=1S/C19H28N2O3/c1-18(2,3)14-5-6-16-15(11-14)20-17(24-16)21(4)12-19(13-22)7-9-23-10-8-19/h5-6,11,22H,7-10,12-13H2,1-4H3. The first kappa shape index (κ1) is 17.2. The summed E-state index contributed by atoms with van der Waals surface area (Å²) < 4.78 is 11.4. The minimum atomic E-state index is -0.135. The molecular weight excluding hydrogens is 304 g/mol. The number of hydrogen-bond acceptors (Lipinski definition) is 5. The summed E-state index contributed by atoms with van der Waals surface area (Å²) in [4.78, 5) is 6.68. The molecule has 0 atom stereocenters. The minimum absolute atomic E-state index is 0.0856. The quantitative estimate of drug-likeness (QED) is 0.930. The van der Waals surface area contributed by atoms with E-state index in [-0.39, 0.29) is 17.4 Å². The third kappa shape index (κ3) is 3.42. The zero-order valence-electron chi connectivity index (χ0n) is 15.1. The second kappa shape index (κ2) is 6.37. The normalized spacial score (nSPS) is 18.0. The molecule has 0 radical (unpaired) electrons. The number of aliphatic hydroxyl groups excluding tert-OH is 1. The minimum Gasteiger partial charge on any atom is -0.423 e. The molecule has 1 aromatic heterocycles. The van der Waals surface area contributed by atoms with E-state index >= 15 is 0 Å². The van der Waals surface area contributed by atoms with Gasteiger partial charge in [0.05, 0.1) is 6.61 Å². The monoisotopic (exact) mass is 332 g/mol. The molecule has 0 spiro atoms. The van der Waals surface area contributed by atoms with E-state index in [0.717, 1.165) is 23.9 Å². The molecule has 1 aliphatic rings. The maximum atomic E-state index is 9.87. The first-order valence-electron chi connectivity index (χ1n) is 8.64. The van der Waals surface area contributed by atoms with Gasteiger partial charge >= 0.3 is 0 Å². The Hall–Kier alpha value is -1.59. The molecule has 1 aromatic carbocycles. The molecule has 5 heteroatoms. The Labute approximate surface area is 143 Å². The van der Waals surface area contributed by atoms with Crippen molar-refractivity contribution in [3.05, 3.63) is 23.8 Å². The van der Waals surface area contributed by atoms with E-state index in [2.05, 4.69) is 37.9 Å². The molecule has 0 bridgehead atoms. The van der Waals surface area contributed by atoms with Gasteiger partial charge in [0.25, 0.3) is 6.01 Å². The molecule has 0 unspecified atom stereocenters. The number of aromatic nitrogens is 1. The van der Waals surface area contributed by atoms with Crippen LogP contribution in [-0.4, -0.2) is 43.5 Å². The Bertz CT molecular complexity index is 696. The van der Waals surface area contributed by atoms with Crippen molar-refractivity contribution in [2.24, 2.45) is 5.41 Å². The van der Waals surface area contributed by atoms with Crippen LogP contribution >= 0.6 is 0 Å². The number of anilines is 1. The smallest absolute Gasteiger partial charge is 0.298 e. The molecule has 5 nitrogen and oxygen atoms in total. The summed E-state index contributed by atoms with van der Waals surface area (Å²) in [6.07, 6.45) is 1.73. The fourth-order valence-electron chi connectivity index (χ4n) is 3.29. The van der Waals surface area contributed by atoms with Gasteiger partial charge in [0.2, 0.25) is 0 Å². The van der Waals surface area contributed by atoms with Gasteiger partial charge in [-0.1, -0.05) is 26.8 Å². The lowest BCUT2D eigenvalue weighted by atomic mass is 9.80. The maximum Gasteiger partial charge on any atom is 0.298 e. The van der Waals surface area contributed by atoms with E-state index in [1.807, 2.05) is 18.0 Å². The molecule has 1 saturated heterocycles. The van der Waals surface area contributed by atoms with Gasteiger partial charge in [-0.25, -0.2) is 0 Å². The molecule has 2 heterocycles. The van der Waals surface area contributed by atoms with Gasteiger partial charge in [-0.2, -0.15) is 4.98 Å². The molecule has 1 N–H and O–H groups in total. The second-order valence-electron chi connectivity index (χ2n) is 8.06. The summed E-state index contributed by atoms with van der Waals surface area (Å²) in [5.74, 6) is 0. The van der Waals surface area contributed by atoms with Crippen LogP contribution in [-0.2, 0) is 10.2 Å². The number of ether oxygens (including phenoxy) is 1. The van der Waals surface area contributed by atoms with Gasteiger partial charge in [-0.15, -0.1) is 0 Å². The number of fused-ring (bicyclic) bond motifs is 1. The highest BCUT2D eigenvalue weighted by molar-refractivity contribution is 5.75. The van der Waals surface area contributed by atoms with E-state index in [1.54, 1.807) is 0 Å². The summed E-state index contributed by atoms with van der Waals surface area (Å²) in [5, 5.41) is 9.87.